The first-order chi connectivity index (χ1) is 11.2. The number of ether oxygens (including phenoxy) is 2. The molecule has 5 nitrogen and oxygen atoms in total. The minimum atomic E-state index is -0.432. The summed E-state index contributed by atoms with van der Waals surface area (Å²) in [5.74, 6) is 0.283. The summed E-state index contributed by atoms with van der Waals surface area (Å²) in [4.78, 5) is 24.2. The van der Waals surface area contributed by atoms with Gasteiger partial charge in [-0.15, -0.1) is 0 Å². The van der Waals surface area contributed by atoms with Crippen LogP contribution < -0.4 is 14.8 Å². The van der Waals surface area contributed by atoms with Gasteiger partial charge in [0, 0.05) is 16.7 Å². The molecule has 0 radical (unpaired) electrons. The maximum absolute atomic E-state index is 12.3. The second kappa shape index (κ2) is 5.96. The molecular weight excluding hydrogens is 294 g/mol. The molecule has 3 rings (SSSR count). The second-order valence-corrected chi connectivity index (χ2v) is 4.97. The molecule has 116 valence electrons. The monoisotopic (exact) mass is 309 g/mol. The number of carbonyl (C=O) groups is 2. The Morgan fingerprint density at radius 2 is 1.61 bits per heavy atom. The standard InChI is InChI=1S/C18H15NO4/c1-22-15-9-5-6-11(16(15)23-2)10-14-12-7-3-4-8-13(12)17(20)19-18(14)21/h3-10H,1-2H3,(H,19,20,21)/b14-10+. The van der Waals surface area contributed by atoms with E-state index in [1.54, 1.807) is 43.5 Å². The van der Waals surface area contributed by atoms with Gasteiger partial charge in [0.2, 0.25) is 0 Å². The molecule has 2 aromatic carbocycles. The fourth-order valence-electron chi connectivity index (χ4n) is 2.60. The number of benzene rings is 2. The number of hydrogen-bond acceptors (Lipinski definition) is 4. The van der Waals surface area contributed by atoms with Gasteiger partial charge in [0.15, 0.2) is 11.5 Å². The molecular formula is C18H15NO4. The average molecular weight is 309 g/mol. The van der Waals surface area contributed by atoms with Gasteiger partial charge in [-0.05, 0) is 23.8 Å². The molecule has 0 bridgehead atoms. The molecule has 0 spiro atoms. The Bertz CT molecular complexity index is 824. The highest BCUT2D eigenvalue weighted by Gasteiger charge is 2.27. The average Bonchev–Trinajstić information content (AvgIpc) is 2.58. The third kappa shape index (κ3) is 2.57. The normalized spacial score (nSPS) is 15.1. The lowest BCUT2D eigenvalue weighted by Gasteiger charge is -2.18. The van der Waals surface area contributed by atoms with E-state index in [0.717, 1.165) is 0 Å². The number of nitrogens with one attached hydrogen (secondary N) is 1. The smallest absolute Gasteiger partial charge is 0.258 e. The summed E-state index contributed by atoms with van der Waals surface area (Å²) in [5, 5.41) is 2.35. The summed E-state index contributed by atoms with van der Waals surface area (Å²) in [6.07, 6.45) is 1.70. The summed E-state index contributed by atoms with van der Waals surface area (Å²) in [6, 6.07) is 12.4. The van der Waals surface area contributed by atoms with Crippen molar-refractivity contribution in [1.82, 2.24) is 5.32 Å². The summed E-state index contributed by atoms with van der Waals surface area (Å²) in [5.41, 5.74) is 2.18. The number of fused-ring (bicyclic) bond motifs is 1. The molecule has 1 aliphatic heterocycles. The first-order valence-corrected chi connectivity index (χ1v) is 7.03. The number of carbonyl (C=O) groups excluding carboxylic acids is 2. The number of amides is 2. The largest absolute Gasteiger partial charge is 0.493 e. The van der Waals surface area contributed by atoms with Crippen molar-refractivity contribution in [1.29, 1.82) is 0 Å². The third-order valence-corrected chi connectivity index (χ3v) is 3.67. The highest BCUT2D eigenvalue weighted by Crippen LogP contribution is 2.34. The Morgan fingerprint density at radius 1 is 0.870 bits per heavy atom. The van der Waals surface area contributed by atoms with Crippen LogP contribution >= 0.6 is 0 Å². The highest BCUT2D eigenvalue weighted by molar-refractivity contribution is 6.34. The zero-order chi connectivity index (χ0) is 16.4. The summed E-state index contributed by atoms with van der Waals surface area (Å²) < 4.78 is 10.7. The molecule has 0 aromatic heterocycles. The zero-order valence-electron chi connectivity index (χ0n) is 12.8. The van der Waals surface area contributed by atoms with Gasteiger partial charge in [-0.25, -0.2) is 0 Å². The van der Waals surface area contributed by atoms with E-state index < -0.39 is 5.91 Å². The molecule has 0 saturated heterocycles. The fraction of sp³-hybridized carbons (Fsp3) is 0.111. The Labute approximate surface area is 133 Å². The molecule has 2 aromatic rings. The van der Waals surface area contributed by atoms with Gasteiger partial charge in [0.05, 0.1) is 14.2 Å². The summed E-state index contributed by atoms with van der Waals surface area (Å²) in [7, 11) is 3.09. The van der Waals surface area contributed by atoms with E-state index in [4.69, 9.17) is 9.47 Å². The maximum atomic E-state index is 12.3. The quantitative estimate of drug-likeness (QED) is 0.699. The molecule has 1 N–H and O–H groups in total. The lowest BCUT2D eigenvalue weighted by atomic mass is 9.93. The van der Waals surface area contributed by atoms with E-state index in [0.29, 0.717) is 33.8 Å². The van der Waals surface area contributed by atoms with Gasteiger partial charge in [-0.2, -0.15) is 0 Å². The number of methoxy groups -OCH3 is 2. The van der Waals surface area contributed by atoms with Crippen LogP contribution in [-0.2, 0) is 4.79 Å². The van der Waals surface area contributed by atoms with Gasteiger partial charge in [-0.3, -0.25) is 14.9 Å². The number of hydrogen-bond donors (Lipinski definition) is 1. The van der Waals surface area contributed by atoms with Crippen LogP contribution in [0.2, 0.25) is 0 Å². The highest BCUT2D eigenvalue weighted by atomic mass is 16.5. The molecule has 0 saturated carbocycles. The Hall–Kier alpha value is -3.08. The third-order valence-electron chi connectivity index (χ3n) is 3.67. The van der Waals surface area contributed by atoms with Gasteiger partial charge >= 0.3 is 0 Å². The van der Waals surface area contributed by atoms with E-state index in [1.165, 1.54) is 7.11 Å². The van der Waals surface area contributed by atoms with Crippen LogP contribution in [-0.4, -0.2) is 26.0 Å². The van der Waals surface area contributed by atoms with Crippen LogP contribution in [0.15, 0.2) is 42.5 Å². The van der Waals surface area contributed by atoms with Crippen molar-refractivity contribution in [3.05, 3.63) is 59.2 Å². The molecule has 2 amide bonds. The van der Waals surface area contributed by atoms with Crippen LogP contribution in [0.25, 0.3) is 11.6 Å². The van der Waals surface area contributed by atoms with Gasteiger partial charge < -0.3 is 9.47 Å². The zero-order valence-corrected chi connectivity index (χ0v) is 12.8. The van der Waals surface area contributed by atoms with Crippen LogP contribution in [0, 0.1) is 0 Å². The minimum absolute atomic E-state index is 0.389. The topological polar surface area (TPSA) is 64.6 Å². The van der Waals surface area contributed by atoms with Crippen molar-refractivity contribution in [3.8, 4) is 11.5 Å². The molecule has 23 heavy (non-hydrogen) atoms. The minimum Gasteiger partial charge on any atom is -0.493 e. The molecule has 0 fully saturated rings. The Morgan fingerprint density at radius 3 is 2.30 bits per heavy atom. The first kappa shape index (κ1) is 14.8. The van der Waals surface area contributed by atoms with Crippen molar-refractivity contribution in [2.24, 2.45) is 0 Å². The van der Waals surface area contributed by atoms with Gasteiger partial charge in [0.25, 0.3) is 11.8 Å². The second-order valence-electron chi connectivity index (χ2n) is 4.97. The lowest BCUT2D eigenvalue weighted by Crippen LogP contribution is -2.36. The van der Waals surface area contributed by atoms with Crippen LogP contribution in [0.1, 0.15) is 21.5 Å². The number of para-hydroxylation sites is 1. The van der Waals surface area contributed by atoms with Crippen LogP contribution in [0.3, 0.4) is 0 Å². The molecule has 0 unspecified atom stereocenters. The van der Waals surface area contributed by atoms with E-state index >= 15 is 0 Å². The number of rotatable bonds is 3. The predicted molar refractivity (Wildman–Crippen MR) is 86.3 cm³/mol. The van der Waals surface area contributed by atoms with Crippen molar-refractivity contribution in [2.45, 2.75) is 0 Å². The SMILES string of the molecule is COc1cccc(/C=C2/C(=O)NC(=O)c3ccccc32)c1OC. The van der Waals surface area contributed by atoms with Crippen LogP contribution in [0.4, 0.5) is 0 Å². The van der Waals surface area contributed by atoms with E-state index in [-0.39, 0.29) is 5.91 Å². The summed E-state index contributed by atoms with van der Waals surface area (Å²) >= 11 is 0. The Balaban J connectivity index is 2.19. The van der Waals surface area contributed by atoms with Crippen molar-refractivity contribution in [3.63, 3.8) is 0 Å². The number of imide groups is 1. The van der Waals surface area contributed by atoms with E-state index in [2.05, 4.69) is 5.32 Å². The molecule has 0 aliphatic carbocycles. The fourth-order valence-corrected chi connectivity index (χ4v) is 2.60. The first-order valence-electron chi connectivity index (χ1n) is 7.03. The van der Waals surface area contributed by atoms with Crippen LogP contribution in [0.5, 0.6) is 11.5 Å². The molecule has 5 heteroatoms. The predicted octanol–water partition coefficient (Wildman–Crippen LogP) is 2.51. The van der Waals surface area contributed by atoms with Gasteiger partial charge in [0.1, 0.15) is 0 Å². The van der Waals surface area contributed by atoms with Gasteiger partial charge in [-0.1, -0.05) is 30.3 Å². The van der Waals surface area contributed by atoms with Crippen molar-refractivity contribution >= 4 is 23.5 Å². The lowest BCUT2D eigenvalue weighted by molar-refractivity contribution is -0.114. The molecule has 1 aliphatic rings. The van der Waals surface area contributed by atoms with E-state index in [1.807, 2.05) is 12.1 Å². The van der Waals surface area contributed by atoms with E-state index in [9.17, 15) is 9.59 Å². The van der Waals surface area contributed by atoms with Crippen molar-refractivity contribution in [2.75, 3.05) is 14.2 Å². The summed E-state index contributed by atoms with van der Waals surface area (Å²) in [6.45, 7) is 0. The maximum Gasteiger partial charge on any atom is 0.258 e. The molecule has 1 heterocycles. The molecule has 0 atom stereocenters. The van der Waals surface area contributed by atoms with Crippen molar-refractivity contribution < 1.29 is 19.1 Å². The Kier molecular flexibility index (Phi) is 3.85.